The van der Waals surface area contributed by atoms with Crippen LogP contribution < -0.4 is 42.5 Å². The lowest BCUT2D eigenvalue weighted by molar-refractivity contribution is -0.132. The summed E-state index contributed by atoms with van der Waals surface area (Å²) in [5, 5.41) is 20.5. The Morgan fingerprint density at radius 1 is 0.194 bits per heavy atom. The van der Waals surface area contributed by atoms with E-state index in [0.29, 0.717) is 32.5 Å². The molecule has 27 heteroatoms. The lowest BCUT2D eigenvalue weighted by atomic mass is 9.98. The highest BCUT2D eigenvalue weighted by Gasteiger charge is 2.20. The van der Waals surface area contributed by atoms with E-state index in [9.17, 15) is 91.1 Å². The Morgan fingerprint density at radius 3 is 0.641 bits per heavy atom. The summed E-state index contributed by atoms with van der Waals surface area (Å²) in [7, 11) is 0. The Balaban J connectivity index is -0.000000211. The average Bonchev–Trinajstić information content (AvgIpc) is 1.23. The highest BCUT2D eigenvalue weighted by molar-refractivity contribution is 6.03. The summed E-state index contributed by atoms with van der Waals surface area (Å²) in [5.41, 5.74) is 0. The maximum Gasteiger partial charge on any atom is 0.229 e. The molecule has 0 unspecified atom stereocenters. The van der Waals surface area contributed by atoms with Crippen molar-refractivity contribution in [2.75, 3.05) is 39.3 Å². The number of hydrogen-bond acceptors (Lipinski definition) is 19. The molecule has 0 atom stereocenters. The quantitative estimate of drug-likeness (QED) is 0.0220. The smallest absolute Gasteiger partial charge is 0.229 e. The Morgan fingerprint density at radius 2 is 0.398 bits per heavy atom. The lowest BCUT2D eigenvalue weighted by Gasteiger charge is -2.09. The van der Waals surface area contributed by atoms with Gasteiger partial charge in [-0.05, 0) is 34.1 Å². The molecule has 594 valence electrons. The van der Waals surface area contributed by atoms with Crippen molar-refractivity contribution in [3.8, 4) is 0 Å². The molecule has 0 aromatic rings. The normalized spacial score (nSPS) is 10.5. The fraction of sp³-hybridized carbons (Fsp3) is 0.750. The van der Waals surface area contributed by atoms with Crippen LogP contribution in [-0.4, -0.2) is 162 Å². The molecule has 0 aromatic heterocycles. The molecule has 103 heavy (non-hydrogen) atoms. The van der Waals surface area contributed by atoms with E-state index in [1.54, 1.807) is 125 Å². The Labute approximate surface area is 616 Å². The van der Waals surface area contributed by atoms with E-state index < -0.39 is 11.8 Å². The van der Waals surface area contributed by atoms with Crippen LogP contribution in [0.1, 0.15) is 252 Å². The summed E-state index contributed by atoms with van der Waals surface area (Å²) >= 11 is 0. The minimum atomic E-state index is -0.472. The maximum atomic E-state index is 11.5. The molecule has 0 spiro atoms. The van der Waals surface area contributed by atoms with Crippen LogP contribution in [0.15, 0.2) is 0 Å². The number of hydrogen-bond donors (Lipinski definition) is 8. The minimum absolute atomic E-state index is 0.00461. The second kappa shape index (κ2) is 62.7. The van der Waals surface area contributed by atoms with Crippen molar-refractivity contribution in [2.24, 2.45) is 71.0 Å². The summed E-state index contributed by atoms with van der Waals surface area (Å²) in [4.78, 5) is 213. The van der Waals surface area contributed by atoms with Gasteiger partial charge in [0.25, 0.3) is 0 Å². The largest absolute Gasteiger partial charge is 0.356 e. The molecule has 0 fully saturated rings. The summed E-state index contributed by atoms with van der Waals surface area (Å²) in [6, 6.07) is 0.218. The summed E-state index contributed by atoms with van der Waals surface area (Å²) in [6.07, 6.45) is 0.454. The van der Waals surface area contributed by atoms with Crippen molar-refractivity contribution >= 4 is 111 Å². The molecule has 8 N–H and O–H groups in total. The second-order valence-corrected chi connectivity index (χ2v) is 29.1. The number of carbonyl (C=O) groups excluding carboxylic acids is 19. The van der Waals surface area contributed by atoms with Gasteiger partial charge >= 0.3 is 0 Å². The highest BCUT2D eigenvalue weighted by Crippen LogP contribution is 2.07. The van der Waals surface area contributed by atoms with Gasteiger partial charge in [-0.25, -0.2) is 0 Å². The van der Waals surface area contributed by atoms with Gasteiger partial charge in [-0.1, -0.05) is 166 Å². The van der Waals surface area contributed by atoms with Crippen LogP contribution in [0.5, 0.6) is 0 Å². The first-order valence-corrected chi connectivity index (χ1v) is 36.1. The van der Waals surface area contributed by atoms with Crippen molar-refractivity contribution in [3.63, 3.8) is 0 Å². The van der Waals surface area contributed by atoms with Crippen LogP contribution in [0.25, 0.3) is 0 Å². The number of Topliss-reactive ketones (excluding diaryl/α,β-unsaturated/α-hetero) is 11. The topological polar surface area (TPSA) is 421 Å². The van der Waals surface area contributed by atoms with Crippen molar-refractivity contribution in [1.82, 2.24) is 42.5 Å². The summed E-state index contributed by atoms with van der Waals surface area (Å²) < 4.78 is 0. The fourth-order valence-corrected chi connectivity index (χ4v) is 6.14. The standard InChI is InChI=1S/C15H26N2O4.C12H22N2O3.2C11H19NO3.2C9H17NO2.C9H16O2/c1-10(2)12(18)6-5-7-16-14(20)8-15(21)17-9-13(19)11(3)4;1-8(2)10(15)7-11(16)13-5-6-14-12(17)9(3)4;2*1-7(2)9(13)5-11(15)12-6-10(14)8(3)4;2*1-6(2)8(11)5-9(12)10-7(3)4;1-6(2)8(10)5-9(11)7(3)4/h10-11H,5-9H2,1-4H3,(H,16,20)(H,17,21);8-9H,5-7H2,1-4H3,(H,13,16)(H,14,17);2*7-8H,5-6H2,1-4H3,(H,12,15);2*6-7H,5H2,1-4H3,(H,10,12);6-7H,5H2,1-4H3. The predicted molar refractivity (Wildman–Crippen MR) is 399 cm³/mol. The van der Waals surface area contributed by atoms with Gasteiger partial charge in [-0.15, -0.1) is 0 Å². The third-order valence-electron chi connectivity index (χ3n) is 13.9. The van der Waals surface area contributed by atoms with Crippen molar-refractivity contribution in [2.45, 2.75) is 264 Å². The molecule has 0 aliphatic rings. The number of nitrogens with one attached hydrogen (secondary N) is 8. The van der Waals surface area contributed by atoms with Gasteiger partial charge in [0.05, 0.1) is 58.2 Å². The van der Waals surface area contributed by atoms with E-state index in [4.69, 9.17) is 0 Å². The molecular formula is C76H136N8O19. The van der Waals surface area contributed by atoms with Crippen molar-refractivity contribution < 1.29 is 91.1 Å². The molecule has 0 bridgehead atoms. The molecular weight excluding hydrogens is 1330 g/mol. The van der Waals surface area contributed by atoms with Crippen molar-refractivity contribution in [3.05, 3.63) is 0 Å². The SMILES string of the molecule is CC(C)C(=O)CC(=O)C(C)C.CC(C)C(=O)CC(=O)NCCNC(=O)C(C)C.CC(C)C(=O)CCCNC(=O)CC(=O)NCC(=O)C(C)C.CC(C)C(=O)CNC(=O)CC(=O)C(C)C.CC(C)C(=O)CNC(=O)CC(=O)C(C)C.CC(C)NC(=O)CC(=O)C(C)C.CC(C)NC(=O)CC(=O)C(C)C. The van der Waals surface area contributed by atoms with E-state index in [-0.39, 0.29) is 247 Å². The van der Waals surface area contributed by atoms with Crippen LogP contribution in [0.2, 0.25) is 0 Å². The minimum Gasteiger partial charge on any atom is -0.356 e. The first-order chi connectivity index (χ1) is 47.1. The summed E-state index contributed by atoms with van der Waals surface area (Å²) in [5.74, 6) is -3.41. The first-order valence-electron chi connectivity index (χ1n) is 36.1. The predicted octanol–water partition coefficient (Wildman–Crippen LogP) is 7.29. The van der Waals surface area contributed by atoms with Gasteiger partial charge in [-0.2, -0.15) is 0 Å². The van der Waals surface area contributed by atoms with Crippen molar-refractivity contribution in [1.29, 1.82) is 0 Å². The van der Waals surface area contributed by atoms with E-state index >= 15 is 0 Å². The van der Waals surface area contributed by atoms with Crippen LogP contribution in [0.4, 0.5) is 0 Å². The number of ketones is 11. The number of rotatable bonds is 41. The molecule has 0 saturated carbocycles. The molecule has 0 saturated heterocycles. The van der Waals surface area contributed by atoms with Gasteiger partial charge in [0, 0.05) is 109 Å². The number of amides is 8. The molecule has 0 aliphatic heterocycles. The van der Waals surface area contributed by atoms with E-state index in [2.05, 4.69) is 42.5 Å². The lowest BCUT2D eigenvalue weighted by Crippen LogP contribution is -2.37. The average molecular weight is 1470 g/mol. The monoisotopic (exact) mass is 1460 g/mol. The Bertz CT molecular complexity index is 2570. The van der Waals surface area contributed by atoms with E-state index in [0.717, 1.165) is 0 Å². The molecule has 0 heterocycles. The zero-order chi connectivity index (χ0) is 82.3. The van der Waals surface area contributed by atoms with Gasteiger partial charge in [0.15, 0.2) is 17.3 Å². The molecule has 0 radical (unpaired) electrons. The van der Waals surface area contributed by atoms with Crippen LogP contribution >= 0.6 is 0 Å². The Hall–Kier alpha value is -7.87. The van der Waals surface area contributed by atoms with Gasteiger partial charge in [-0.3, -0.25) is 91.1 Å². The Kier molecular flexibility index (Phi) is 66.0. The zero-order valence-electron chi connectivity index (χ0n) is 67.9. The van der Waals surface area contributed by atoms with Gasteiger partial charge < -0.3 is 42.5 Å². The van der Waals surface area contributed by atoms with Gasteiger partial charge in [0.2, 0.25) is 47.3 Å². The highest BCUT2D eigenvalue weighted by atomic mass is 16.2. The van der Waals surface area contributed by atoms with Crippen LogP contribution in [-0.2, 0) is 91.1 Å². The second-order valence-electron chi connectivity index (χ2n) is 29.1. The molecule has 0 aromatic carbocycles. The first kappa shape index (κ1) is 109. The third-order valence-corrected chi connectivity index (χ3v) is 13.9. The molecule has 8 amide bonds. The summed E-state index contributed by atoms with van der Waals surface area (Å²) in [6.45, 7) is 51.4. The van der Waals surface area contributed by atoms with Gasteiger partial charge in [0.1, 0.15) is 52.7 Å². The fourth-order valence-electron chi connectivity index (χ4n) is 6.14. The van der Waals surface area contributed by atoms with Crippen LogP contribution in [0.3, 0.4) is 0 Å². The third kappa shape index (κ3) is 72.3. The van der Waals surface area contributed by atoms with E-state index in [1.165, 1.54) is 0 Å². The molecule has 0 aliphatic carbocycles. The van der Waals surface area contributed by atoms with Crippen LogP contribution in [0, 0.1) is 71.0 Å². The van der Waals surface area contributed by atoms with E-state index in [1.807, 2.05) is 69.2 Å². The molecule has 0 rings (SSSR count). The number of carbonyl (C=O) groups is 19. The zero-order valence-corrected chi connectivity index (χ0v) is 67.9. The molecule has 27 nitrogen and oxygen atoms in total. The maximum absolute atomic E-state index is 11.5.